The quantitative estimate of drug-likeness (QED) is 0.792. The van der Waals surface area contributed by atoms with E-state index >= 15 is 0 Å². The third kappa shape index (κ3) is 2.60. The van der Waals surface area contributed by atoms with E-state index in [9.17, 15) is 10.2 Å². The topological polar surface area (TPSA) is 40.5 Å². The third-order valence-corrected chi connectivity index (χ3v) is 5.46. The molecule has 0 aliphatic carbocycles. The standard InChI is InChI=1S/C21H28O2/c1-11-9-17(13(3)15(5)19(11)22)21(7,8)18-10-12(2)20(23)16(6)14(18)4/h9-10,22-23H,1-8H3. The zero-order valence-electron chi connectivity index (χ0n) is 15.5. The molecule has 0 aliphatic heterocycles. The number of aryl methyl sites for hydroxylation is 2. The number of rotatable bonds is 2. The van der Waals surface area contributed by atoms with Crippen LogP contribution in [0.15, 0.2) is 12.1 Å². The molecule has 0 bridgehead atoms. The van der Waals surface area contributed by atoms with Crippen LogP contribution in [-0.4, -0.2) is 10.2 Å². The summed E-state index contributed by atoms with van der Waals surface area (Å²) in [5.41, 5.74) is 8.18. The summed E-state index contributed by atoms with van der Waals surface area (Å²) in [6.45, 7) is 16.4. The highest BCUT2D eigenvalue weighted by atomic mass is 16.3. The summed E-state index contributed by atoms with van der Waals surface area (Å²) in [6.07, 6.45) is 0. The van der Waals surface area contributed by atoms with Crippen LogP contribution in [0, 0.1) is 41.5 Å². The number of aromatic hydroxyl groups is 2. The number of hydrogen-bond donors (Lipinski definition) is 2. The van der Waals surface area contributed by atoms with Gasteiger partial charge in [-0.3, -0.25) is 0 Å². The van der Waals surface area contributed by atoms with Gasteiger partial charge in [-0.05, 0) is 86.1 Å². The predicted molar refractivity (Wildman–Crippen MR) is 96.8 cm³/mol. The van der Waals surface area contributed by atoms with E-state index in [2.05, 4.69) is 39.8 Å². The van der Waals surface area contributed by atoms with Crippen LogP contribution in [0.3, 0.4) is 0 Å². The molecule has 124 valence electrons. The Morgan fingerprint density at radius 2 is 0.913 bits per heavy atom. The van der Waals surface area contributed by atoms with Crippen LogP contribution in [0.25, 0.3) is 0 Å². The van der Waals surface area contributed by atoms with E-state index in [1.54, 1.807) is 0 Å². The zero-order valence-corrected chi connectivity index (χ0v) is 15.5. The Labute approximate surface area is 139 Å². The van der Waals surface area contributed by atoms with Crippen LogP contribution in [0.5, 0.6) is 11.5 Å². The second-order valence-electron chi connectivity index (χ2n) is 7.30. The molecule has 2 heteroatoms. The van der Waals surface area contributed by atoms with Crippen molar-refractivity contribution in [2.24, 2.45) is 0 Å². The van der Waals surface area contributed by atoms with Crippen molar-refractivity contribution in [3.63, 3.8) is 0 Å². The lowest BCUT2D eigenvalue weighted by atomic mass is 9.72. The van der Waals surface area contributed by atoms with Gasteiger partial charge in [-0.2, -0.15) is 0 Å². The molecule has 0 amide bonds. The van der Waals surface area contributed by atoms with Crippen LogP contribution >= 0.6 is 0 Å². The fourth-order valence-corrected chi connectivity index (χ4v) is 3.58. The van der Waals surface area contributed by atoms with Crippen LogP contribution in [0.2, 0.25) is 0 Å². The Morgan fingerprint density at radius 3 is 1.22 bits per heavy atom. The van der Waals surface area contributed by atoms with Gasteiger partial charge in [0.25, 0.3) is 0 Å². The second kappa shape index (κ2) is 5.59. The molecular formula is C21H28O2. The Morgan fingerprint density at radius 1 is 0.609 bits per heavy atom. The maximum atomic E-state index is 10.2. The van der Waals surface area contributed by atoms with E-state index in [4.69, 9.17) is 0 Å². The van der Waals surface area contributed by atoms with E-state index in [1.807, 2.05) is 27.7 Å². The van der Waals surface area contributed by atoms with E-state index in [0.717, 1.165) is 33.4 Å². The molecule has 0 saturated carbocycles. The molecule has 0 unspecified atom stereocenters. The molecule has 0 fully saturated rings. The largest absolute Gasteiger partial charge is 0.507 e. The summed E-state index contributed by atoms with van der Waals surface area (Å²) in [4.78, 5) is 0. The van der Waals surface area contributed by atoms with E-state index in [1.165, 1.54) is 11.1 Å². The molecule has 0 atom stereocenters. The second-order valence-corrected chi connectivity index (χ2v) is 7.30. The molecule has 23 heavy (non-hydrogen) atoms. The minimum atomic E-state index is -0.208. The van der Waals surface area contributed by atoms with Gasteiger partial charge in [-0.1, -0.05) is 26.0 Å². The van der Waals surface area contributed by atoms with Crippen molar-refractivity contribution < 1.29 is 10.2 Å². The lowest BCUT2D eigenvalue weighted by Gasteiger charge is -2.32. The van der Waals surface area contributed by atoms with Crippen molar-refractivity contribution in [3.05, 3.63) is 56.6 Å². The molecule has 2 aromatic carbocycles. The summed E-state index contributed by atoms with van der Waals surface area (Å²) in [5.74, 6) is 0.772. The number of phenolic OH excluding ortho intramolecular Hbond substituents is 2. The smallest absolute Gasteiger partial charge is 0.121 e. The molecule has 0 aromatic heterocycles. The van der Waals surface area contributed by atoms with Gasteiger partial charge in [0.15, 0.2) is 0 Å². The van der Waals surface area contributed by atoms with Gasteiger partial charge in [0.2, 0.25) is 0 Å². The van der Waals surface area contributed by atoms with Crippen molar-refractivity contribution in [3.8, 4) is 11.5 Å². The van der Waals surface area contributed by atoms with Crippen molar-refractivity contribution >= 4 is 0 Å². The lowest BCUT2D eigenvalue weighted by Crippen LogP contribution is -2.23. The predicted octanol–water partition coefficient (Wildman–Crippen LogP) is 5.27. The number of hydrogen-bond acceptors (Lipinski definition) is 2. The van der Waals surface area contributed by atoms with Crippen LogP contribution in [0.4, 0.5) is 0 Å². The highest BCUT2D eigenvalue weighted by Gasteiger charge is 2.29. The van der Waals surface area contributed by atoms with E-state index in [0.29, 0.717) is 11.5 Å². The molecule has 0 aliphatic rings. The molecule has 0 saturated heterocycles. The fraction of sp³-hybridized carbons (Fsp3) is 0.429. The normalized spacial score (nSPS) is 11.8. The zero-order chi connectivity index (χ0) is 17.7. The average Bonchev–Trinajstić information content (AvgIpc) is 2.49. The highest BCUT2D eigenvalue weighted by Crippen LogP contribution is 2.42. The Balaban J connectivity index is 2.79. The third-order valence-electron chi connectivity index (χ3n) is 5.46. The van der Waals surface area contributed by atoms with Crippen LogP contribution in [-0.2, 0) is 5.41 Å². The Bertz CT molecular complexity index is 718. The van der Waals surface area contributed by atoms with Gasteiger partial charge in [0, 0.05) is 5.41 Å². The minimum Gasteiger partial charge on any atom is -0.507 e. The van der Waals surface area contributed by atoms with Crippen molar-refractivity contribution in [2.75, 3.05) is 0 Å². The molecule has 2 nitrogen and oxygen atoms in total. The molecular weight excluding hydrogens is 284 g/mol. The van der Waals surface area contributed by atoms with Gasteiger partial charge in [-0.25, -0.2) is 0 Å². The minimum absolute atomic E-state index is 0.208. The fourth-order valence-electron chi connectivity index (χ4n) is 3.58. The monoisotopic (exact) mass is 312 g/mol. The molecule has 2 N–H and O–H groups in total. The number of benzene rings is 2. The summed E-state index contributed by atoms with van der Waals surface area (Å²) < 4.78 is 0. The summed E-state index contributed by atoms with van der Waals surface area (Å²) in [7, 11) is 0. The van der Waals surface area contributed by atoms with Gasteiger partial charge in [-0.15, -0.1) is 0 Å². The molecule has 2 rings (SSSR count). The number of phenols is 2. The van der Waals surface area contributed by atoms with E-state index < -0.39 is 0 Å². The lowest BCUT2D eigenvalue weighted by molar-refractivity contribution is 0.464. The molecule has 2 aromatic rings. The van der Waals surface area contributed by atoms with Crippen molar-refractivity contribution in [2.45, 2.75) is 60.8 Å². The van der Waals surface area contributed by atoms with Crippen molar-refractivity contribution in [1.82, 2.24) is 0 Å². The van der Waals surface area contributed by atoms with Gasteiger partial charge < -0.3 is 10.2 Å². The van der Waals surface area contributed by atoms with E-state index in [-0.39, 0.29) is 5.41 Å². The molecule has 0 radical (unpaired) electrons. The molecule has 0 spiro atoms. The first-order chi connectivity index (χ1) is 10.5. The Hall–Kier alpha value is -1.96. The van der Waals surface area contributed by atoms with Gasteiger partial charge in [0.1, 0.15) is 11.5 Å². The Kier molecular flexibility index (Phi) is 4.23. The maximum Gasteiger partial charge on any atom is 0.121 e. The first kappa shape index (κ1) is 17.4. The summed E-state index contributed by atoms with van der Waals surface area (Å²) >= 11 is 0. The van der Waals surface area contributed by atoms with Gasteiger partial charge in [0.05, 0.1) is 0 Å². The summed E-state index contributed by atoms with van der Waals surface area (Å²) in [5, 5.41) is 20.4. The first-order valence-electron chi connectivity index (χ1n) is 8.10. The van der Waals surface area contributed by atoms with Gasteiger partial charge >= 0.3 is 0 Å². The first-order valence-corrected chi connectivity index (χ1v) is 8.10. The average molecular weight is 312 g/mol. The maximum absolute atomic E-state index is 10.2. The van der Waals surface area contributed by atoms with Crippen molar-refractivity contribution in [1.29, 1.82) is 0 Å². The summed E-state index contributed by atoms with van der Waals surface area (Å²) in [6, 6.07) is 4.18. The SMILES string of the molecule is Cc1cc(C(C)(C)c2cc(C)c(O)c(C)c2C)c(C)c(C)c1O. The van der Waals surface area contributed by atoms with Crippen LogP contribution < -0.4 is 0 Å². The highest BCUT2D eigenvalue weighted by molar-refractivity contribution is 5.57. The molecule has 0 heterocycles. The van der Waals surface area contributed by atoms with Crippen LogP contribution in [0.1, 0.15) is 58.4 Å².